The molecule has 4 heteroatoms. The van der Waals surface area contributed by atoms with E-state index in [0.29, 0.717) is 24.8 Å². The van der Waals surface area contributed by atoms with Crippen LogP contribution >= 0.6 is 0 Å². The Bertz CT molecular complexity index is 533. The standard InChI is InChI=1S/C19H27FN2O/c1-14(15-6-10-21-11-7-15)12-18(23)22-13-19(8-9-19)16-2-4-17(20)5-3-16/h2-5,14-15,21H,6-13H2,1H3,(H,22,23). The molecule has 2 fully saturated rings. The zero-order chi connectivity index (χ0) is 16.3. The fourth-order valence-corrected chi connectivity index (χ4v) is 3.73. The van der Waals surface area contributed by atoms with E-state index in [-0.39, 0.29) is 17.1 Å². The van der Waals surface area contributed by atoms with Crippen LogP contribution in [-0.2, 0) is 10.2 Å². The van der Waals surface area contributed by atoms with E-state index in [0.717, 1.165) is 31.5 Å². The lowest BCUT2D eigenvalue weighted by Crippen LogP contribution is -2.36. The molecule has 2 N–H and O–H groups in total. The number of piperidine rings is 1. The third-order valence-corrected chi connectivity index (χ3v) is 5.63. The minimum atomic E-state index is -0.204. The molecule has 1 aromatic carbocycles. The van der Waals surface area contributed by atoms with Crippen molar-refractivity contribution < 1.29 is 9.18 Å². The van der Waals surface area contributed by atoms with Gasteiger partial charge in [-0.05, 0) is 68.3 Å². The van der Waals surface area contributed by atoms with Gasteiger partial charge >= 0.3 is 0 Å². The predicted molar refractivity (Wildman–Crippen MR) is 89.7 cm³/mol. The van der Waals surface area contributed by atoms with Gasteiger partial charge in [0.15, 0.2) is 0 Å². The number of hydrogen-bond acceptors (Lipinski definition) is 2. The molecule has 1 saturated carbocycles. The summed E-state index contributed by atoms with van der Waals surface area (Å²) in [4.78, 5) is 12.3. The monoisotopic (exact) mass is 318 g/mol. The molecule has 1 saturated heterocycles. The van der Waals surface area contributed by atoms with E-state index in [9.17, 15) is 9.18 Å². The van der Waals surface area contributed by atoms with Crippen LogP contribution in [-0.4, -0.2) is 25.5 Å². The van der Waals surface area contributed by atoms with Crippen molar-refractivity contribution in [2.75, 3.05) is 19.6 Å². The van der Waals surface area contributed by atoms with Gasteiger partial charge in [0.1, 0.15) is 5.82 Å². The summed E-state index contributed by atoms with van der Waals surface area (Å²) in [6.45, 7) is 5.02. The number of halogens is 1. The third-order valence-electron chi connectivity index (χ3n) is 5.63. The molecule has 2 aliphatic rings. The van der Waals surface area contributed by atoms with Gasteiger partial charge in [0.25, 0.3) is 0 Å². The number of rotatable bonds is 6. The van der Waals surface area contributed by atoms with E-state index in [2.05, 4.69) is 17.6 Å². The second-order valence-electron chi connectivity index (χ2n) is 7.33. The summed E-state index contributed by atoms with van der Waals surface area (Å²) in [5.74, 6) is 1.06. The highest BCUT2D eigenvalue weighted by Crippen LogP contribution is 2.47. The Morgan fingerprint density at radius 2 is 1.96 bits per heavy atom. The van der Waals surface area contributed by atoms with Crippen LogP contribution in [0.2, 0.25) is 0 Å². The second-order valence-corrected chi connectivity index (χ2v) is 7.33. The Morgan fingerprint density at radius 3 is 2.57 bits per heavy atom. The summed E-state index contributed by atoms with van der Waals surface area (Å²) in [6.07, 6.45) is 5.11. The molecule has 126 valence electrons. The topological polar surface area (TPSA) is 41.1 Å². The van der Waals surface area contributed by atoms with Crippen LogP contribution in [0.4, 0.5) is 4.39 Å². The van der Waals surface area contributed by atoms with Crippen molar-refractivity contribution in [3.05, 3.63) is 35.6 Å². The molecule has 0 bridgehead atoms. The van der Waals surface area contributed by atoms with Gasteiger partial charge in [0, 0.05) is 18.4 Å². The van der Waals surface area contributed by atoms with Gasteiger partial charge in [0.05, 0.1) is 0 Å². The smallest absolute Gasteiger partial charge is 0.220 e. The first kappa shape index (κ1) is 16.4. The number of carbonyl (C=O) groups is 1. The van der Waals surface area contributed by atoms with E-state index in [1.54, 1.807) is 0 Å². The maximum atomic E-state index is 13.1. The number of amides is 1. The molecule has 1 amide bonds. The summed E-state index contributed by atoms with van der Waals surface area (Å²) in [6, 6.07) is 6.73. The van der Waals surface area contributed by atoms with E-state index < -0.39 is 0 Å². The highest BCUT2D eigenvalue weighted by atomic mass is 19.1. The first-order valence-corrected chi connectivity index (χ1v) is 8.82. The third kappa shape index (κ3) is 4.11. The summed E-state index contributed by atoms with van der Waals surface area (Å²) in [5, 5.41) is 6.49. The highest BCUT2D eigenvalue weighted by molar-refractivity contribution is 5.76. The van der Waals surface area contributed by atoms with Crippen molar-refractivity contribution in [3.8, 4) is 0 Å². The minimum absolute atomic E-state index is 0.0430. The summed E-state index contributed by atoms with van der Waals surface area (Å²) in [5.41, 5.74) is 1.19. The lowest BCUT2D eigenvalue weighted by Gasteiger charge is -2.28. The average Bonchev–Trinajstić information content (AvgIpc) is 3.35. The maximum absolute atomic E-state index is 13.1. The van der Waals surface area contributed by atoms with Crippen LogP contribution in [0, 0.1) is 17.7 Å². The summed E-state index contributed by atoms with van der Waals surface area (Å²) >= 11 is 0. The summed E-state index contributed by atoms with van der Waals surface area (Å²) in [7, 11) is 0. The van der Waals surface area contributed by atoms with Crippen molar-refractivity contribution in [2.45, 2.75) is 44.4 Å². The van der Waals surface area contributed by atoms with Crippen molar-refractivity contribution in [1.82, 2.24) is 10.6 Å². The van der Waals surface area contributed by atoms with E-state index in [1.807, 2.05) is 12.1 Å². The zero-order valence-electron chi connectivity index (χ0n) is 13.9. The molecule has 1 aliphatic heterocycles. The van der Waals surface area contributed by atoms with Crippen LogP contribution < -0.4 is 10.6 Å². The lowest BCUT2D eigenvalue weighted by molar-refractivity contribution is -0.122. The summed E-state index contributed by atoms with van der Waals surface area (Å²) < 4.78 is 13.1. The SMILES string of the molecule is CC(CC(=O)NCC1(c2ccc(F)cc2)CC1)C1CCNCC1. The van der Waals surface area contributed by atoms with Crippen molar-refractivity contribution >= 4 is 5.91 Å². The molecular weight excluding hydrogens is 291 g/mol. The van der Waals surface area contributed by atoms with E-state index in [4.69, 9.17) is 0 Å². The molecule has 1 aromatic rings. The molecule has 3 nitrogen and oxygen atoms in total. The molecule has 0 radical (unpaired) electrons. The highest BCUT2D eigenvalue weighted by Gasteiger charge is 2.44. The quantitative estimate of drug-likeness (QED) is 0.846. The van der Waals surface area contributed by atoms with Crippen LogP contribution in [0.15, 0.2) is 24.3 Å². The zero-order valence-corrected chi connectivity index (χ0v) is 13.9. The van der Waals surface area contributed by atoms with Crippen LogP contribution in [0.3, 0.4) is 0 Å². The number of hydrogen-bond donors (Lipinski definition) is 2. The lowest BCUT2D eigenvalue weighted by atomic mass is 9.84. The van der Waals surface area contributed by atoms with Gasteiger partial charge in [-0.1, -0.05) is 19.1 Å². The van der Waals surface area contributed by atoms with Crippen LogP contribution in [0.5, 0.6) is 0 Å². The molecule has 0 spiro atoms. The molecule has 1 heterocycles. The molecule has 1 atom stereocenters. The molecule has 23 heavy (non-hydrogen) atoms. The Hall–Kier alpha value is -1.42. The fraction of sp³-hybridized carbons (Fsp3) is 0.632. The number of nitrogens with one attached hydrogen (secondary N) is 2. The second kappa shape index (κ2) is 7.00. The van der Waals surface area contributed by atoms with Gasteiger partial charge in [0.2, 0.25) is 5.91 Å². The maximum Gasteiger partial charge on any atom is 0.220 e. The molecule has 1 unspecified atom stereocenters. The van der Waals surface area contributed by atoms with Crippen molar-refractivity contribution in [1.29, 1.82) is 0 Å². The molecule has 0 aromatic heterocycles. The van der Waals surface area contributed by atoms with E-state index in [1.165, 1.54) is 25.0 Å². The molecule has 3 rings (SSSR count). The van der Waals surface area contributed by atoms with Gasteiger partial charge in [-0.25, -0.2) is 4.39 Å². The van der Waals surface area contributed by atoms with E-state index >= 15 is 0 Å². The predicted octanol–water partition coefficient (Wildman–Crippen LogP) is 3.00. The van der Waals surface area contributed by atoms with Crippen LogP contribution in [0.1, 0.15) is 44.6 Å². The molecule has 1 aliphatic carbocycles. The van der Waals surface area contributed by atoms with Gasteiger partial charge in [-0.2, -0.15) is 0 Å². The number of benzene rings is 1. The minimum Gasteiger partial charge on any atom is -0.355 e. The Kier molecular flexibility index (Phi) is 5.00. The van der Waals surface area contributed by atoms with Gasteiger partial charge in [-0.3, -0.25) is 4.79 Å². The average molecular weight is 318 g/mol. The normalized spacial score (nSPS) is 21.7. The first-order valence-electron chi connectivity index (χ1n) is 8.82. The Morgan fingerprint density at radius 1 is 1.30 bits per heavy atom. The van der Waals surface area contributed by atoms with Crippen molar-refractivity contribution in [3.63, 3.8) is 0 Å². The Balaban J connectivity index is 1.48. The number of carbonyl (C=O) groups excluding carboxylic acids is 1. The Labute approximate surface area is 138 Å². The van der Waals surface area contributed by atoms with Gasteiger partial charge < -0.3 is 10.6 Å². The first-order chi connectivity index (χ1) is 11.1. The van der Waals surface area contributed by atoms with Crippen LogP contribution in [0.25, 0.3) is 0 Å². The fourth-order valence-electron chi connectivity index (χ4n) is 3.73. The van der Waals surface area contributed by atoms with Crippen molar-refractivity contribution in [2.24, 2.45) is 11.8 Å². The molecular formula is C19H27FN2O. The van der Waals surface area contributed by atoms with Gasteiger partial charge in [-0.15, -0.1) is 0 Å². The largest absolute Gasteiger partial charge is 0.355 e.